The van der Waals surface area contributed by atoms with Gasteiger partial charge in [-0.1, -0.05) is 0 Å². The maximum absolute atomic E-state index is 12.5. The van der Waals surface area contributed by atoms with E-state index in [-0.39, 0.29) is 24.4 Å². The monoisotopic (exact) mass is 473 g/mol. The Kier molecular flexibility index (Phi) is 5.79. The molecule has 3 fully saturated rings. The minimum Gasteiger partial charge on any atom is -0.444 e. The zero-order valence-corrected chi connectivity index (χ0v) is 18.9. The van der Waals surface area contributed by atoms with Crippen molar-refractivity contribution in [2.24, 2.45) is 5.92 Å². The minimum absolute atomic E-state index is 0.152. The highest BCUT2D eigenvalue weighted by atomic mass is 32.3. The van der Waals surface area contributed by atoms with Crippen molar-refractivity contribution in [1.82, 2.24) is 25.1 Å². The van der Waals surface area contributed by atoms with Gasteiger partial charge < -0.3 is 19.0 Å². The molecule has 0 saturated carbocycles. The van der Waals surface area contributed by atoms with Gasteiger partial charge in [-0.25, -0.2) is 9.59 Å². The number of carbonyl (C=O) groups excluding carboxylic acids is 2. The molecule has 3 saturated heterocycles. The Morgan fingerprint density at radius 3 is 2.66 bits per heavy atom. The van der Waals surface area contributed by atoms with Crippen LogP contribution in [-0.4, -0.2) is 81.4 Å². The van der Waals surface area contributed by atoms with Crippen molar-refractivity contribution < 1.29 is 36.0 Å². The summed E-state index contributed by atoms with van der Waals surface area (Å²) in [4.78, 5) is 27.8. The summed E-state index contributed by atoms with van der Waals surface area (Å²) in [5.41, 5.74) is -0.551. The van der Waals surface area contributed by atoms with Crippen LogP contribution < -0.4 is 0 Å². The molecule has 2 bridgehead atoms. The zero-order valence-electron chi connectivity index (χ0n) is 18.1. The first-order valence-corrected chi connectivity index (χ1v) is 11.8. The Labute approximate surface area is 185 Å². The predicted molar refractivity (Wildman–Crippen MR) is 106 cm³/mol. The van der Waals surface area contributed by atoms with Gasteiger partial charge in [0.25, 0.3) is 0 Å². The lowest BCUT2D eigenvalue weighted by atomic mass is 10.0. The number of ether oxygens (including phenoxy) is 1. The molecule has 0 spiro atoms. The molecule has 1 aromatic heterocycles. The fraction of sp³-hybridized carbons (Fsp3) is 0.778. The van der Waals surface area contributed by atoms with Gasteiger partial charge in [0, 0.05) is 26.1 Å². The van der Waals surface area contributed by atoms with E-state index in [0.29, 0.717) is 43.3 Å². The Morgan fingerprint density at radius 2 is 1.97 bits per heavy atom. The summed E-state index contributed by atoms with van der Waals surface area (Å²) < 4.78 is 46.6. The third-order valence-corrected chi connectivity index (χ3v) is 6.01. The van der Waals surface area contributed by atoms with E-state index in [1.54, 1.807) is 4.90 Å². The molecule has 3 atom stereocenters. The maximum Gasteiger partial charge on any atom is 0.418 e. The molecule has 0 radical (unpaired) electrons. The van der Waals surface area contributed by atoms with Crippen molar-refractivity contribution in [1.29, 1.82) is 0 Å². The molecule has 3 aliphatic heterocycles. The van der Waals surface area contributed by atoms with Gasteiger partial charge in [0.05, 0.1) is 6.04 Å². The largest absolute Gasteiger partial charge is 0.444 e. The third kappa shape index (κ3) is 4.96. The van der Waals surface area contributed by atoms with Crippen LogP contribution in [0, 0.1) is 5.92 Å². The lowest BCUT2D eigenvalue weighted by Crippen LogP contribution is -2.35. The number of hydroxylamine groups is 2. The lowest BCUT2D eigenvalue weighted by Gasteiger charge is -2.27. The summed E-state index contributed by atoms with van der Waals surface area (Å²) in [7, 11) is -4.80. The highest BCUT2D eigenvalue weighted by Crippen LogP contribution is 2.38. The van der Waals surface area contributed by atoms with Gasteiger partial charge in [0.15, 0.2) is 0 Å². The number of nitrogens with zero attached hydrogens (tertiary/aromatic N) is 5. The van der Waals surface area contributed by atoms with E-state index < -0.39 is 34.1 Å². The normalized spacial score (nSPS) is 26.2. The molecule has 32 heavy (non-hydrogen) atoms. The predicted octanol–water partition coefficient (Wildman–Crippen LogP) is 1.54. The topological polar surface area (TPSA) is 156 Å². The smallest absolute Gasteiger partial charge is 0.418 e. The Bertz CT molecular complexity index is 990. The van der Waals surface area contributed by atoms with E-state index in [4.69, 9.17) is 13.7 Å². The molecule has 0 aliphatic carbocycles. The quantitative estimate of drug-likeness (QED) is 0.622. The summed E-state index contributed by atoms with van der Waals surface area (Å²) >= 11 is 0. The van der Waals surface area contributed by atoms with E-state index >= 15 is 0 Å². The SMILES string of the molecule is CC(C)(C)OC(=O)N1CCC(Cc2nnc([C@@H]3CC[C@@H]4CN3C(=O)N4OS(=O)(=O)O)o2)C1. The molecule has 4 rings (SSSR count). The number of carbonyl (C=O) groups is 2. The zero-order chi connectivity index (χ0) is 23.3. The summed E-state index contributed by atoms with van der Waals surface area (Å²) in [6, 6.07) is -1.67. The highest BCUT2D eigenvalue weighted by Gasteiger charge is 2.49. The molecule has 13 nitrogen and oxygen atoms in total. The Morgan fingerprint density at radius 1 is 1.22 bits per heavy atom. The van der Waals surface area contributed by atoms with Gasteiger partial charge in [-0.05, 0) is 46.0 Å². The Hall–Kier alpha value is -2.45. The number of hydrogen-bond acceptors (Lipinski definition) is 9. The first kappa shape index (κ1) is 22.7. The number of fused-ring (bicyclic) bond motifs is 2. The number of likely N-dealkylation sites (tertiary alicyclic amines) is 1. The number of aromatic nitrogens is 2. The number of urea groups is 1. The third-order valence-electron chi connectivity index (χ3n) is 5.67. The number of amides is 3. The van der Waals surface area contributed by atoms with Crippen LogP contribution in [0.5, 0.6) is 0 Å². The molecule has 14 heteroatoms. The average Bonchev–Trinajstić information content (AvgIpc) is 3.37. The van der Waals surface area contributed by atoms with Gasteiger partial charge in [-0.2, -0.15) is 13.5 Å². The van der Waals surface area contributed by atoms with Crippen LogP contribution in [0.4, 0.5) is 9.59 Å². The van der Waals surface area contributed by atoms with Crippen molar-refractivity contribution in [3.8, 4) is 0 Å². The molecule has 1 unspecified atom stereocenters. The molecule has 3 amide bonds. The van der Waals surface area contributed by atoms with Crippen molar-refractivity contribution in [3.63, 3.8) is 0 Å². The molecule has 178 valence electrons. The Balaban J connectivity index is 1.36. The first-order chi connectivity index (χ1) is 14.9. The van der Waals surface area contributed by atoms with E-state index in [1.807, 2.05) is 20.8 Å². The molecule has 0 aromatic carbocycles. The van der Waals surface area contributed by atoms with Crippen LogP contribution in [0.1, 0.15) is 57.9 Å². The second-order valence-electron chi connectivity index (χ2n) is 9.33. The van der Waals surface area contributed by atoms with E-state index in [1.165, 1.54) is 4.90 Å². The second-order valence-corrected chi connectivity index (χ2v) is 10.3. The standard InChI is InChI=1S/C18H27N5O8S/c1-18(2,3)30-17(25)21-7-6-11(9-21)8-14-19-20-15(29-14)13-5-4-12-10-22(13)16(24)23(12)31-32(26,27)28/h11-13H,4-10H2,1-3H3,(H,26,27,28)/t11?,12-,13+/m1/s1. The van der Waals surface area contributed by atoms with Gasteiger partial charge >= 0.3 is 22.5 Å². The van der Waals surface area contributed by atoms with E-state index in [9.17, 15) is 18.0 Å². The summed E-state index contributed by atoms with van der Waals surface area (Å²) in [6.07, 6.45) is 1.88. The molecule has 1 aromatic rings. The summed E-state index contributed by atoms with van der Waals surface area (Å²) in [6.45, 7) is 6.83. The summed E-state index contributed by atoms with van der Waals surface area (Å²) in [5, 5.41) is 8.87. The van der Waals surface area contributed by atoms with E-state index in [2.05, 4.69) is 14.5 Å². The van der Waals surface area contributed by atoms with Crippen molar-refractivity contribution in [2.75, 3.05) is 19.6 Å². The average molecular weight is 474 g/mol. The highest BCUT2D eigenvalue weighted by molar-refractivity contribution is 7.80. The van der Waals surface area contributed by atoms with Crippen LogP contribution in [-0.2, 0) is 25.8 Å². The maximum atomic E-state index is 12.5. The van der Waals surface area contributed by atoms with Crippen molar-refractivity contribution in [2.45, 2.75) is 64.1 Å². The minimum atomic E-state index is -4.80. The van der Waals surface area contributed by atoms with Gasteiger partial charge in [-0.15, -0.1) is 14.5 Å². The fourth-order valence-electron chi connectivity index (χ4n) is 4.31. The number of hydrogen-bond donors (Lipinski definition) is 1. The molecular formula is C18H27N5O8S. The molecule has 3 aliphatic rings. The van der Waals surface area contributed by atoms with Crippen molar-refractivity contribution in [3.05, 3.63) is 11.8 Å². The second kappa shape index (κ2) is 8.15. The van der Waals surface area contributed by atoms with Gasteiger partial charge in [-0.3, -0.25) is 4.55 Å². The molecule has 4 heterocycles. The van der Waals surface area contributed by atoms with Crippen LogP contribution >= 0.6 is 0 Å². The van der Waals surface area contributed by atoms with Gasteiger partial charge in [0.2, 0.25) is 11.8 Å². The summed E-state index contributed by atoms with van der Waals surface area (Å²) in [5.74, 6) is 0.831. The van der Waals surface area contributed by atoms with Crippen molar-refractivity contribution >= 4 is 22.5 Å². The number of piperidine rings is 1. The lowest BCUT2D eigenvalue weighted by molar-refractivity contribution is -0.0317. The van der Waals surface area contributed by atoms with Crippen LogP contribution in [0.25, 0.3) is 0 Å². The van der Waals surface area contributed by atoms with Gasteiger partial charge in [0.1, 0.15) is 11.6 Å². The van der Waals surface area contributed by atoms with Crippen LogP contribution in [0.15, 0.2) is 4.42 Å². The van der Waals surface area contributed by atoms with Crippen LogP contribution in [0.3, 0.4) is 0 Å². The molecular weight excluding hydrogens is 446 g/mol. The van der Waals surface area contributed by atoms with Crippen LogP contribution in [0.2, 0.25) is 0 Å². The molecule has 1 N–H and O–H groups in total. The van der Waals surface area contributed by atoms with E-state index in [0.717, 1.165) is 6.42 Å². The first-order valence-electron chi connectivity index (χ1n) is 10.5. The fourth-order valence-corrected chi connectivity index (χ4v) is 4.70. The number of rotatable bonds is 5.